The third-order valence-electron chi connectivity index (χ3n) is 2.50. The maximum atomic E-state index is 12.2. The van der Waals surface area contributed by atoms with Crippen LogP contribution in [0, 0.1) is 0 Å². The highest BCUT2D eigenvalue weighted by Crippen LogP contribution is 2.22. The summed E-state index contributed by atoms with van der Waals surface area (Å²) in [5.74, 6) is -0.147. The van der Waals surface area contributed by atoms with Crippen LogP contribution in [0.3, 0.4) is 0 Å². The van der Waals surface area contributed by atoms with Gasteiger partial charge in [0.25, 0.3) is 5.91 Å². The van der Waals surface area contributed by atoms with Crippen LogP contribution in [0.4, 0.5) is 5.69 Å². The second kappa shape index (κ2) is 4.55. The van der Waals surface area contributed by atoms with Gasteiger partial charge in [0.05, 0.1) is 5.69 Å². The number of benzene rings is 1. The maximum Gasteiger partial charge on any atom is 0.273 e. The number of hydrogen-bond donors (Lipinski definition) is 1. The molecule has 0 bridgehead atoms. The number of nitrogens with zero attached hydrogens (tertiary/aromatic N) is 2. The zero-order valence-corrected chi connectivity index (χ0v) is 11.5. The van der Waals surface area contributed by atoms with E-state index in [9.17, 15) is 4.79 Å². The molecule has 18 heavy (non-hydrogen) atoms. The van der Waals surface area contributed by atoms with Crippen molar-refractivity contribution in [3.63, 3.8) is 0 Å². The molecule has 0 unspecified atom stereocenters. The van der Waals surface area contributed by atoms with E-state index in [1.165, 1.54) is 11.3 Å². The van der Waals surface area contributed by atoms with E-state index in [1.807, 2.05) is 24.3 Å². The summed E-state index contributed by atoms with van der Waals surface area (Å²) in [5, 5.41) is 4.67. The molecule has 4 nitrogen and oxygen atoms in total. The van der Waals surface area contributed by atoms with Crippen LogP contribution in [0.15, 0.2) is 46.5 Å². The van der Waals surface area contributed by atoms with Crippen molar-refractivity contribution in [3.05, 3.63) is 52.2 Å². The Kier molecular flexibility index (Phi) is 2.89. The molecule has 0 aliphatic heterocycles. The van der Waals surface area contributed by atoms with Crippen LogP contribution in [0.1, 0.15) is 10.5 Å². The summed E-state index contributed by atoms with van der Waals surface area (Å²) in [6, 6.07) is 7.51. The first-order valence-corrected chi connectivity index (χ1v) is 6.89. The van der Waals surface area contributed by atoms with Crippen molar-refractivity contribution in [2.45, 2.75) is 0 Å². The van der Waals surface area contributed by atoms with Crippen molar-refractivity contribution in [1.29, 1.82) is 0 Å². The number of para-hydroxylation sites is 1. The fraction of sp³-hybridized carbons (Fsp3) is 0. The second-order valence-electron chi connectivity index (χ2n) is 3.63. The second-order valence-corrected chi connectivity index (χ2v) is 5.33. The van der Waals surface area contributed by atoms with Crippen LogP contribution in [0.25, 0.3) is 4.96 Å². The molecular weight excluding hydrogens is 314 g/mol. The summed E-state index contributed by atoms with van der Waals surface area (Å²) in [6.07, 6.45) is 3.46. The number of rotatable bonds is 2. The van der Waals surface area contributed by atoms with Gasteiger partial charge in [0.1, 0.15) is 5.69 Å². The number of halogens is 1. The van der Waals surface area contributed by atoms with Crippen LogP contribution in [0.2, 0.25) is 0 Å². The third-order valence-corrected chi connectivity index (χ3v) is 4.04. The summed E-state index contributed by atoms with van der Waals surface area (Å²) >= 11 is 4.84. The number of fused-ring (bicyclic) bond motifs is 1. The number of thiazole rings is 1. The third kappa shape index (κ3) is 1.93. The molecule has 1 N–H and O–H groups in total. The van der Waals surface area contributed by atoms with Gasteiger partial charge >= 0.3 is 0 Å². The highest BCUT2D eigenvalue weighted by molar-refractivity contribution is 9.10. The Balaban J connectivity index is 1.93. The lowest BCUT2D eigenvalue weighted by Crippen LogP contribution is -2.14. The van der Waals surface area contributed by atoms with Gasteiger partial charge in [0.2, 0.25) is 0 Å². The molecule has 6 heteroatoms. The number of hydrogen-bond acceptors (Lipinski definition) is 3. The largest absolute Gasteiger partial charge is 0.320 e. The maximum absolute atomic E-state index is 12.2. The van der Waals surface area contributed by atoms with Gasteiger partial charge in [-0.2, -0.15) is 0 Å². The highest BCUT2D eigenvalue weighted by atomic mass is 79.9. The summed E-state index contributed by atoms with van der Waals surface area (Å²) < 4.78 is 2.63. The molecule has 3 aromatic rings. The molecule has 0 radical (unpaired) electrons. The van der Waals surface area contributed by atoms with Crippen molar-refractivity contribution in [2.75, 3.05) is 5.32 Å². The van der Waals surface area contributed by atoms with Crippen LogP contribution in [0.5, 0.6) is 0 Å². The van der Waals surface area contributed by atoms with Crippen molar-refractivity contribution in [1.82, 2.24) is 9.38 Å². The van der Waals surface area contributed by atoms with Crippen LogP contribution in [-0.4, -0.2) is 15.3 Å². The van der Waals surface area contributed by atoms with Gasteiger partial charge < -0.3 is 5.32 Å². The Morgan fingerprint density at radius 3 is 3.06 bits per heavy atom. The lowest BCUT2D eigenvalue weighted by Gasteiger charge is -2.06. The minimum Gasteiger partial charge on any atom is -0.320 e. The van der Waals surface area contributed by atoms with Gasteiger partial charge in [-0.1, -0.05) is 12.1 Å². The summed E-state index contributed by atoms with van der Waals surface area (Å²) in [7, 11) is 0. The van der Waals surface area contributed by atoms with E-state index in [0.29, 0.717) is 5.69 Å². The van der Waals surface area contributed by atoms with Gasteiger partial charge in [-0.25, -0.2) is 4.98 Å². The van der Waals surface area contributed by atoms with Gasteiger partial charge in [0.15, 0.2) is 4.96 Å². The fourth-order valence-electron chi connectivity index (χ4n) is 1.64. The minimum absolute atomic E-state index is 0.147. The van der Waals surface area contributed by atoms with Crippen LogP contribution < -0.4 is 5.32 Å². The molecule has 0 aliphatic carbocycles. The number of anilines is 1. The molecule has 0 fully saturated rings. The van der Waals surface area contributed by atoms with E-state index in [4.69, 9.17) is 0 Å². The van der Waals surface area contributed by atoms with E-state index in [0.717, 1.165) is 15.1 Å². The van der Waals surface area contributed by atoms with Crippen molar-refractivity contribution >= 4 is 43.8 Å². The number of nitrogens with one attached hydrogen (secondary N) is 1. The molecule has 0 spiro atoms. The molecule has 3 rings (SSSR count). The predicted molar refractivity (Wildman–Crippen MR) is 75.2 cm³/mol. The molecule has 0 saturated heterocycles. The van der Waals surface area contributed by atoms with Crippen molar-refractivity contribution < 1.29 is 4.79 Å². The predicted octanol–water partition coefficient (Wildman–Crippen LogP) is 3.41. The van der Waals surface area contributed by atoms with E-state index >= 15 is 0 Å². The first-order valence-electron chi connectivity index (χ1n) is 5.22. The molecule has 2 heterocycles. The Morgan fingerprint density at radius 2 is 2.22 bits per heavy atom. The number of imidazole rings is 1. The van der Waals surface area contributed by atoms with Gasteiger partial charge in [-0.3, -0.25) is 9.20 Å². The minimum atomic E-state index is -0.147. The number of carbonyl (C=O) groups is 1. The molecule has 90 valence electrons. The van der Waals surface area contributed by atoms with E-state index in [1.54, 1.807) is 22.2 Å². The molecular formula is C12H8BrN3OS. The first kappa shape index (κ1) is 11.4. The Morgan fingerprint density at radius 1 is 1.39 bits per heavy atom. The summed E-state index contributed by atoms with van der Waals surface area (Å²) in [5.41, 5.74) is 1.34. The average Bonchev–Trinajstić information content (AvgIpc) is 2.93. The quantitative estimate of drug-likeness (QED) is 0.786. The average molecular weight is 322 g/mol. The standard InChI is InChI=1S/C12H8BrN3OS/c13-8-3-1-2-4-9(8)15-11(17)10-7-18-12-14-5-6-16(10)12/h1-7H,(H,15,17). The van der Waals surface area contributed by atoms with Crippen molar-refractivity contribution in [2.24, 2.45) is 0 Å². The Labute approximate surface area is 115 Å². The smallest absolute Gasteiger partial charge is 0.273 e. The molecule has 1 amide bonds. The van der Waals surface area contributed by atoms with Gasteiger partial charge in [-0.05, 0) is 28.1 Å². The SMILES string of the molecule is O=C(Nc1ccccc1Br)c1csc2nccn12. The normalized spacial score (nSPS) is 10.7. The number of carbonyl (C=O) groups excluding carboxylic acids is 1. The van der Waals surface area contributed by atoms with E-state index in [2.05, 4.69) is 26.2 Å². The Hall–Kier alpha value is -1.66. The van der Waals surface area contributed by atoms with E-state index in [-0.39, 0.29) is 5.91 Å². The lowest BCUT2D eigenvalue weighted by atomic mass is 10.3. The Bertz CT molecular complexity index is 719. The van der Waals surface area contributed by atoms with Gasteiger partial charge in [0, 0.05) is 22.2 Å². The molecule has 0 saturated carbocycles. The molecule has 0 atom stereocenters. The van der Waals surface area contributed by atoms with Crippen LogP contribution in [-0.2, 0) is 0 Å². The van der Waals surface area contributed by atoms with Crippen molar-refractivity contribution in [3.8, 4) is 0 Å². The molecule has 1 aromatic carbocycles. The van der Waals surface area contributed by atoms with Crippen LogP contribution >= 0.6 is 27.3 Å². The van der Waals surface area contributed by atoms with Gasteiger partial charge in [-0.15, -0.1) is 11.3 Å². The van der Waals surface area contributed by atoms with E-state index < -0.39 is 0 Å². The number of amides is 1. The monoisotopic (exact) mass is 321 g/mol. The number of aromatic nitrogens is 2. The summed E-state index contributed by atoms with van der Waals surface area (Å²) in [4.78, 5) is 17.1. The molecule has 2 aromatic heterocycles. The first-order chi connectivity index (χ1) is 8.75. The fourth-order valence-corrected chi connectivity index (χ4v) is 2.85. The molecule has 0 aliphatic rings. The highest BCUT2D eigenvalue weighted by Gasteiger charge is 2.13. The zero-order chi connectivity index (χ0) is 12.5. The topological polar surface area (TPSA) is 46.4 Å². The summed E-state index contributed by atoms with van der Waals surface area (Å²) in [6.45, 7) is 0. The lowest BCUT2D eigenvalue weighted by molar-refractivity contribution is 0.102. The zero-order valence-electron chi connectivity index (χ0n) is 9.13.